The first kappa shape index (κ1) is 14.4. The van der Waals surface area contributed by atoms with Crippen molar-refractivity contribution in [1.29, 1.82) is 0 Å². The Morgan fingerprint density at radius 3 is 2.86 bits per heavy atom. The maximum atomic E-state index is 11.8. The number of carbonyl (C=O) groups excluding carboxylic acids is 1. The number of hydrogen-bond acceptors (Lipinski definition) is 2. The largest absolute Gasteiger partial charge is 0.497 e. The van der Waals surface area contributed by atoms with Crippen molar-refractivity contribution in [2.24, 2.45) is 0 Å². The molecule has 1 atom stereocenters. The lowest BCUT2D eigenvalue weighted by Gasteiger charge is -2.44. The Labute approximate surface area is 127 Å². The molecule has 0 bridgehead atoms. The van der Waals surface area contributed by atoms with Crippen molar-refractivity contribution in [2.75, 3.05) is 7.11 Å². The second-order valence-corrected chi connectivity index (χ2v) is 6.34. The van der Waals surface area contributed by atoms with Crippen LogP contribution in [0.4, 0.5) is 0 Å². The third-order valence-corrected chi connectivity index (χ3v) is 5.20. The molecule has 2 aliphatic carbocycles. The molecule has 0 spiro atoms. The van der Waals surface area contributed by atoms with Crippen LogP contribution in [0.5, 0.6) is 5.75 Å². The summed E-state index contributed by atoms with van der Waals surface area (Å²) in [5.74, 6) is 1.26. The molecular weight excluding hydrogens is 260 g/mol. The SMILES string of the molecule is CCCCC12CCC(=O)C=C1CCc1cc(OC)ccc12. The van der Waals surface area contributed by atoms with Gasteiger partial charge in [0.05, 0.1) is 7.11 Å². The molecule has 112 valence electrons. The van der Waals surface area contributed by atoms with Crippen LogP contribution >= 0.6 is 0 Å². The molecule has 0 saturated heterocycles. The van der Waals surface area contributed by atoms with Crippen LogP contribution in [-0.2, 0) is 16.6 Å². The Morgan fingerprint density at radius 1 is 1.24 bits per heavy atom. The lowest BCUT2D eigenvalue weighted by atomic mass is 9.60. The molecule has 0 heterocycles. The molecule has 0 saturated carbocycles. The lowest BCUT2D eigenvalue weighted by Crippen LogP contribution is -2.37. The number of unbranched alkanes of at least 4 members (excludes halogenated alkanes) is 1. The van der Waals surface area contributed by atoms with Gasteiger partial charge in [0.2, 0.25) is 0 Å². The van der Waals surface area contributed by atoms with E-state index in [2.05, 4.69) is 25.1 Å². The number of rotatable bonds is 4. The minimum absolute atomic E-state index is 0.115. The Balaban J connectivity index is 2.09. The number of benzene rings is 1. The van der Waals surface area contributed by atoms with Gasteiger partial charge in [-0.05, 0) is 55.0 Å². The van der Waals surface area contributed by atoms with E-state index in [0.717, 1.165) is 25.0 Å². The van der Waals surface area contributed by atoms with Crippen molar-refractivity contribution < 1.29 is 9.53 Å². The molecule has 1 unspecified atom stereocenters. The number of carbonyl (C=O) groups is 1. The van der Waals surface area contributed by atoms with E-state index in [1.807, 2.05) is 6.08 Å². The van der Waals surface area contributed by atoms with Gasteiger partial charge in [-0.15, -0.1) is 0 Å². The summed E-state index contributed by atoms with van der Waals surface area (Å²) in [7, 11) is 1.72. The molecule has 21 heavy (non-hydrogen) atoms. The summed E-state index contributed by atoms with van der Waals surface area (Å²) < 4.78 is 5.38. The van der Waals surface area contributed by atoms with Gasteiger partial charge in [-0.2, -0.15) is 0 Å². The third kappa shape index (κ3) is 2.41. The first-order valence-electron chi connectivity index (χ1n) is 8.11. The summed E-state index contributed by atoms with van der Waals surface area (Å²) in [6.07, 6.45) is 9.27. The quantitative estimate of drug-likeness (QED) is 0.821. The van der Waals surface area contributed by atoms with Crippen molar-refractivity contribution in [2.45, 2.75) is 57.3 Å². The van der Waals surface area contributed by atoms with E-state index in [4.69, 9.17) is 4.74 Å². The Hall–Kier alpha value is -1.57. The van der Waals surface area contributed by atoms with Gasteiger partial charge in [0, 0.05) is 11.8 Å². The molecule has 0 N–H and O–H groups in total. The predicted octanol–water partition coefficient (Wildman–Crippen LogP) is 4.36. The van der Waals surface area contributed by atoms with Gasteiger partial charge in [-0.3, -0.25) is 4.79 Å². The summed E-state index contributed by atoms with van der Waals surface area (Å²) in [6.45, 7) is 2.24. The summed E-state index contributed by atoms with van der Waals surface area (Å²) in [4.78, 5) is 11.8. The second kappa shape index (κ2) is 5.67. The van der Waals surface area contributed by atoms with Crippen LogP contribution < -0.4 is 4.74 Å². The standard InChI is InChI=1S/C19H24O2/c1-3-4-10-19-11-9-16(20)13-15(19)6-5-14-12-17(21-2)7-8-18(14)19/h7-8,12-13H,3-6,9-11H2,1-2H3. The fourth-order valence-electron chi connectivity index (χ4n) is 4.06. The predicted molar refractivity (Wildman–Crippen MR) is 84.8 cm³/mol. The summed E-state index contributed by atoms with van der Waals surface area (Å²) in [5, 5.41) is 0. The molecular formula is C19H24O2. The fourth-order valence-corrected chi connectivity index (χ4v) is 4.06. The van der Waals surface area contributed by atoms with Crippen molar-refractivity contribution in [3.8, 4) is 5.75 Å². The van der Waals surface area contributed by atoms with Gasteiger partial charge in [0.25, 0.3) is 0 Å². The number of fused-ring (bicyclic) bond motifs is 3. The van der Waals surface area contributed by atoms with E-state index >= 15 is 0 Å². The van der Waals surface area contributed by atoms with Crippen LogP contribution in [0.1, 0.15) is 56.6 Å². The Morgan fingerprint density at radius 2 is 2.10 bits per heavy atom. The maximum absolute atomic E-state index is 11.8. The molecule has 0 aromatic heterocycles. The van der Waals surface area contributed by atoms with E-state index < -0.39 is 0 Å². The van der Waals surface area contributed by atoms with Gasteiger partial charge in [-0.25, -0.2) is 0 Å². The fraction of sp³-hybridized carbons (Fsp3) is 0.526. The summed E-state index contributed by atoms with van der Waals surface area (Å²) >= 11 is 0. The van der Waals surface area contributed by atoms with Gasteiger partial charge < -0.3 is 4.74 Å². The lowest BCUT2D eigenvalue weighted by molar-refractivity contribution is -0.115. The van der Waals surface area contributed by atoms with Gasteiger partial charge >= 0.3 is 0 Å². The average Bonchev–Trinajstić information content (AvgIpc) is 2.52. The Bertz CT molecular complexity index is 585. The van der Waals surface area contributed by atoms with Gasteiger partial charge in [-0.1, -0.05) is 31.4 Å². The smallest absolute Gasteiger partial charge is 0.155 e. The first-order chi connectivity index (χ1) is 10.2. The van der Waals surface area contributed by atoms with E-state index in [-0.39, 0.29) is 5.41 Å². The van der Waals surface area contributed by atoms with Crippen molar-refractivity contribution in [3.63, 3.8) is 0 Å². The van der Waals surface area contributed by atoms with Gasteiger partial charge in [0.1, 0.15) is 5.75 Å². The van der Waals surface area contributed by atoms with Crippen LogP contribution in [-0.4, -0.2) is 12.9 Å². The highest BCUT2D eigenvalue weighted by Crippen LogP contribution is 2.50. The maximum Gasteiger partial charge on any atom is 0.155 e. The van der Waals surface area contributed by atoms with Crippen LogP contribution in [0.3, 0.4) is 0 Å². The molecule has 0 fully saturated rings. The Kier molecular flexibility index (Phi) is 3.88. The number of allylic oxidation sites excluding steroid dienone is 2. The molecule has 0 aliphatic heterocycles. The zero-order chi connectivity index (χ0) is 14.9. The van der Waals surface area contributed by atoms with Crippen LogP contribution in [0.2, 0.25) is 0 Å². The number of methoxy groups -OCH3 is 1. The molecule has 0 amide bonds. The zero-order valence-corrected chi connectivity index (χ0v) is 13.1. The van der Waals surface area contributed by atoms with Crippen LogP contribution in [0.25, 0.3) is 0 Å². The van der Waals surface area contributed by atoms with Crippen molar-refractivity contribution >= 4 is 5.78 Å². The van der Waals surface area contributed by atoms with Gasteiger partial charge in [0.15, 0.2) is 5.78 Å². The first-order valence-corrected chi connectivity index (χ1v) is 8.11. The molecule has 2 aliphatic rings. The number of ether oxygens (including phenoxy) is 1. The van der Waals surface area contributed by atoms with Crippen molar-refractivity contribution in [1.82, 2.24) is 0 Å². The van der Waals surface area contributed by atoms with E-state index in [1.165, 1.54) is 36.0 Å². The molecule has 1 aromatic carbocycles. The summed E-state index contributed by atoms with van der Waals surface area (Å²) in [5.41, 5.74) is 4.35. The normalized spacial score (nSPS) is 24.1. The average molecular weight is 284 g/mol. The topological polar surface area (TPSA) is 26.3 Å². The second-order valence-electron chi connectivity index (χ2n) is 6.34. The molecule has 0 radical (unpaired) electrons. The molecule has 1 aromatic rings. The number of aryl methyl sites for hydroxylation is 1. The number of ketones is 1. The highest BCUT2D eigenvalue weighted by molar-refractivity contribution is 5.92. The van der Waals surface area contributed by atoms with E-state index in [9.17, 15) is 4.79 Å². The molecule has 2 heteroatoms. The minimum Gasteiger partial charge on any atom is -0.497 e. The highest BCUT2D eigenvalue weighted by Gasteiger charge is 2.42. The molecule has 2 nitrogen and oxygen atoms in total. The number of hydrogen-bond donors (Lipinski definition) is 0. The van der Waals surface area contributed by atoms with Crippen LogP contribution in [0.15, 0.2) is 29.8 Å². The van der Waals surface area contributed by atoms with Crippen LogP contribution in [0, 0.1) is 0 Å². The van der Waals surface area contributed by atoms with E-state index in [1.54, 1.807) is 7.11 Å². The summed E-state index contributed by atoms with van der Waals surface area (Å²) in [6, 6.07) is 6.51. The van der Waals surface area contributed by atoms with Crippen molar-refractivity contribution in [3.05, 3.63) is 41.0 Å². The minimum atomic E-state index is 0.115. The monoisotopic (exact) mass is 284 g/mol. The van der Waals surface area contributed by atoms with E-state index in [0.29, 0.717) is 12.2 Å². The third-order valence-electron chi connectivity index (χ3n) is 5.20. The zero-order valence-electron chi connectivity index (χ0n) is 13.1. The molecule has 3 rings (SSSR count). The highest BCUT2D eigenvalue weighted by atomic mass is 16.5.